The maximum Gasteiger partial charge on any atom is 0.228 e. The topological polar surface area (TPSA) is 44.4 Å². The first kappa shape index (κ1) is 19.5. The van der Waals surface area contributed by atoms with Crippen LogP contribution in [0.4, 0.5) is 10.1 Å². The Labute approximate surface area is 160 Å². The van der Waals surface area contributed by atoms with E-state index in [9.17, 15) is 9.18 Å². The summed E-state index contributed by atoms with van der Waals surface area (Å²) in [5.41, 5.74) is 2.95. The minimum absolute atomic E-state index is 0.0373. The van der Waals surface area contributed by atoms with E-state index in [0.29, 0.717) is 13.1 Å². The molecule has 144 valence electrons. The number of nitrogens with zero attached hydrogens (tertiary/aromatic N) is 1. The number of likely N-dealkylation sites (tertiary alicyclic amines) is 1. The van der Waals surface area contributed by atoms with Crippen LogP contribution in [0.15, 0.2) is 48.5 Å². The zero-order valence-electron chi connectivity index (χ0n) is 15.9. The smallest absolute Gasteiger partial charge is 0.228 e. The molecule has 1 aliphatic heterocycles. The van der Waals surface area contributed by atoms with Gasteiger partial charge in [0.25, 0.3) is 0 Å². The van der Waals surface area contributed by atoms with E-state index in [0.717, 1.165) is 49.3 Å². The quantitative estimate of drug-likeness (QED) is 0.781. The van der Waals surface area contributed by atoms with Crippen LogP contribution >= 0.6 is 0 Å². The largest absolute Gasteiger partial charge is 0.326 e. The van der Waals surface area contributed by atoms with Crippen LogP contribution in [0, 0.1) is 11.7 Å². The molecule has 27 heavy (non-hydrogen) atoms. The zero-order chi connectivity index (χ0) is 19.1. The molecule has 2 aromatic carbocycles. The molecule has 0 spiro atoms. The van der Waals surface area contributed by atoms with Crippen molar-refractivity contribution in [3.05, 3.63) is 65.5 Å². The summed E-state index contributed by atoms with van der Waals surface area (Å²) >= 11 is 0. The van der Waals surface area contributed by atoms with E-state index in [-0.39, 0.29) is 17.6 Å². The Hall–Kier alpha value is -2.24. The Kier molecular flexibility index (Phi) is 6.96. The first-order valence-corrected chi connectivity index (χ1v) is 9.71. The Bertz CT molecular complexity index is 765. The number of carbonyl (C=O) groups excluding carboxylic acids is 1. The van der Waals surface area contributed by atoms with Crippen LogP contribution in [0.2, 0.25) is 0 Å². The molecule has 2 aromatic rings. The summed E-state index contributed by atoms with van der Waals surface area (Å²) in [6.45, 7) is 6.12. The summed E-state index contributed by atoms with van der Waals surface area (Å²) in [4.78, 5) is 15.0. The highest BCUT2D eigenvalue weighted by molar-refractivity contribution is 5.92. The third kappa shape index (κ3) is 5.88. The second-order valence-electron chi connectivity index (χ2n) is 7.17. The lowest BCUT2D eigenvalue weighted by Crippen LogP contribution is -2.40. The van der Waals surface area contributed by atoms with Crippen LogP contribution in [0.3, 0.4) is 0 Å². The summed E-state index contributed by atoms with van der Waals surface area (Å²) in [6, 6.07) is 14.7. The lowest BCUT2D eigenvalue weighted by atomic mass is 9.96. The molecule has 1 amide bonds. The van der Waals surface area contributed by atoms with Gasteiger partial charge in [0, 0.05) is 25.3 Å². The monoisotopic (exact) mass is 369 g/mol. The molecule has 1 saturated heterocycles. The SMILES string of the molecule is CCNCc1cccc(NC(=O)C2CCCN(Cc3cccc(F)c3)C2)c1. The number of halogens is 1. The molecule has 1 heterocycles. The van der Waals surface area contributed by atoms with Gasteiger partial charge in [-0.05, 0) is 61.3 Å². The number of amides is 1. The van der Waals surface area contributed by atoms with Gasteiger partial charge in [0.2, 0.25) is 5.91 Å². The molecule has 0 radical (unpaired) electrons. The van der Waals surface area contributed by atoms with Crippen molar-refractivity contribution in [2.24, 2.45) is 5.92 Å². The number of piperidine rings is 1. The molecule has 0 saturated carbocycles. The fraction of sp³-hybridized carbons (Fsp3) is 0.409. The predicted octanol–water partition coefficient (Wildman–Crippen LogP) is 3.79. The van der Waals surface area contributed by atoms with Gasteiger partial charge in [-0.15, -0.1) is 0 Å². The van der Waals surface area contributed by atoms with Crippen LogP contribution in [0.25, 0.3) is 0 Å². The van der Waals surface area contributed by atoms with Gasteiger partial charge in [-0.25, -0.2) is 4.39 Å². The lowest BCUT2D eigenvalue weighted by molar-refractivity contribution is -0.121. The Morgan fingerprint density at radius 3 is 2.81 bits per heavy atom. The number of anilines is 1. The third-order valence-corrected chi connectivity index (χ3v) is 4.95. The standard InChI is InChI=1S/C22H28FN3O/c1-2-24-14-17-6-4-10-21(13-17)25-22(27)19-8-5-11-26(16-19)15-18-7-3-9-20(23)12-18/h3-4,6-7,9-10,12-13,19,24H,2,5,8,11,14-16H2,1H3,(H,25,27). The van der Waals surface area contributed by atoms with Crippen molar-refractivity contribution in [1.29, 1.82) is 0 Å². The van der Waals surface area contributed by atoms with Crippen molar-refractivity contribution in [3.63, 3.8) is 0 Å². The fourth-order valence-electron chi connectivity index (χ4n) is 3.58. The van der Waals surface area contributed by atoms with Gasteiger partial charge in [0.15, 0.2) is 0 Å². The minimum Gasteiger partial charge on any atom is -0.326 e. The van der Waals surface area contributed by atoms with Gasteiger partial charge in [-0.2, -0.15) is 0 Å². The molecule has 1 fully saturated rings. The molecular formula is C22H28FN3O. The van der Waals surface area contributed by atoms with E-state index in [1.54, 1.807) is 12.1 Å². The van der Waals surface area contributed by atoms with Crippen LogP contribution in [-0.2, 0) is 17.9 Å². The molecule has 1 atom stereocenters. The van der Waals surface area contributed by atoms with Gasteiger partial charge in [-0.3, -0.25) is 9.69 Å². The number of hydrogen-bond donors (Lipinski definition) is 2. The average Bonchev–Trinajstić information content (AvgIpc) is 2.67. The van der Waals surface area contributed by atoms with E-state index in [1.165, 1.54) is 6.07 Å². The Morgan fingerprint density at radius 1 is 1.19 bits per heavy atom. The molecule has 0 aromatic heterocycles. The number of rotatable bonds is 7. The summed E-state index contributed by atoms with van der Waals surface area (Å²) in [6.07, 6.45) is 1.87. The Balaban J connectivity index is 1.56. The molecule has 0 aliphatic carbocycles. The van der Waals surface area contributed by atoms with Gasteiger partial charge < -0.3 is 10.6 Å². The number of benzene rings is 2. The van der Waals surface area contributed by atoms with Crippen molar-refractivity contribution in [2.45, 2.75) is 32.9 Å². The summed E-state index contributed by atoms with van der Waals surface area (Å²) in [7, 11) is 0. The summed E-state index contributed by atoms with van der Waals surface area (Å²) in [5.74, 6) is -0.180. The molecule has 5 heteroatoms. The van der Waals surface area contributed by atoms with Crippen molar-refractivity contribution >= 4 is 11.6 Å². The highest BCUT2D eigenvalue weighted by Crippen LogP contribution is 2.21. The Morgan fingerprint density at radius 2 is 2.00 bits per heavy atom. The van der Waals surface area contributed by atoms with E-state index < -0.39 is 0 Å². The number of carbonyl (C=O) groups is 1. The first-order valence-electron chi connectivity index (χ1n) is 9.71. The predicted molar refractivity (Wildman–Crippen MR) is 107 cm³/mol. The summed E-state index contributed by atoms with van der Waals surface area (Å²) < 4.78 is 13.4. The van der Waals surface area contributed by atoms with Crippen LogP contribution < -0.4 is 10.6 Å². The van der Waals surface area contributed by atoms with Crippen LogP contribution in [0.1, 0.15) is 30.9 Å². The van der Waals surface area contributed by atoms with Crippen LogP contribution in [-0.4, -0.2) is 30.4 Å². The molecule has 3 rings (SSSR count). The van der Waals surface area contributed by atoms with Crippen molar-refractivity contribution < 1.29 is 9.18 Å². The van der Waals surface area contributed by atoms with Crippen molar-refractivity contribution in [3.8, 4) is 0 Å². The lowest BCUT2D eigenvalue weighted by Gasteiger charge is -2.32. The molecule has 4 nitrogen and oxygen atoms in total. The maximum atomic E-state index is 13.4. The molecule has 1 aliphatic rings. The zero-order valence-corrected chi connectivity index (χ0v) is 15.9. The third-order valence-electron chi connectivity index (χ3n) is 4.95. The van der Waals surface area contributed by atoms with E-state index in [2.05, 4.69) is 28.5 Å². The summed E-state index contributed by atoms with van der Waals surface area (Å²) in [5, 5.41) is 6.36. The normalized spacial score (nSPS) is 17.6. The van der Waals surface area contributed by atoms with Gasteiger partial charge in [0.05, 0.1) is 5.92 Å². The average molecular weight is 369 g/mol. The maximum absolute atomic E-state index is 13.4. The van der Waals surface area contributed by atoms with E-state index >= 15 is 0 Å². The fourth-order valence-corrected chi connectivity index (χ4v) is 3.58. The van der Waals surface area contributed by atoms with Crippen molar-refractivity contribution in [1.82, 2.24) is 10.2 Å². The molecule has 0 bridgehead atoms. The number of hydrogen-bond acceptors (Lipinski definition) is 3. The van der Waals surface area contributed by atoms with Gasteiger partial charge in [0.1, 0.15) is 5.82 Å². The second kappa shape index (κ2) is 9.62. The first-order chi connectivity index (χ1) is 13.1. The van der Waals surface area contributed by atoms with Crippen LogP contribution in [0.5, 0.6) is 0 Å². The van der Waals surface area contributed by atoms with Gasteiger partial charge >= 0.3 is 0 Å². The second-order valence-corrected chi connectivity index (χ2v) is 7.17. The molecule has 1 unspecified atom stereocenters. The van der Waals surface area contributed by atoms with Gasteiger partial charge in [-0.1, -0.05) is 31.2 Å². The highest BCUT2D eigenvalue weighted by Gasteiger charge is 2.26. The molecular weight excluding hydrogens is 341 g/mol. The number of nitrogens with one attached hydrogen (secondary N) is 2. The van der Waals surface area contributed by atoms with E-state index in [4.69, 9.17) is 0 Å². The van der Waals surface area contributed by atoms with Crippen molar-refractivity contribution in [2.75, 3.05) is 25.0 Å². The molecule has 2 N–H and O–H groups in total. The van der Waals surface area contributed by atoms with E-state index in [1.807, 2.05) is 24.3 Å². The minimum atomic E-state index is -0.212. The highest BCUT2D eigenvalue weighted by atomic mass is 19.1.